The Balaban J connectivity index is 2.44. The van der Waals surface area contributed by atoms with Gasteiger partial charge in [0.05, 0.1) is 0 Å². The van der Waals surface area contributed by atoms with Gasteiger partial charge in [0.2, 0.25) is 0 Å². The summed E-state index contributed by atoms with van der Waals surface area (Å²) >= 11 is 0. The molecule has 2 nitrogen and oxygen atoms in total. The van der Waals surface area contributed by atoms with Gasteiger partial charge in [-0.2, -0.15) is 13.2 Å². The van der Waals surface area contributed by atoms with Crippen molar-refractivity contribution in [3.63, 3.8) is 0 Å². The molecule has 1 rings (SSSR count). The van der Waals surface area contributed by atoms with E-state index in [1.54, 1.807) is 6.92 Å². The summed E-state index contributed by atoms with van der Waals surface area (Å²) < 4.78 is 34.8. The first-order valence-electron chi connectivity index (χ1n) is 3.23. The Labute approximate surface area is 61.8 Å². The van der Waals surface area contributed by atoms with Crippen LogP contribution in [0.2, 0.25) is 0 Å². The van der Waals surface area contributed by atoms with Gasteiger partial charge in [0.25, 0.3) is 0 Å². The lowest BCUT2D eigenvalue weighted by atomic mass is 10.3. The second-order valence-electron chi connectivity index (χ2n) is 3.01. The van der Waals surface area contributed by atoms with Crippen LogP contribution in [-0.4, -0.2) is 17.6 Å². The fraction of sp³-hybridized carbons (Fsp3) is 0.833. The van der Waals surface area contributed by atoms with Gasteiger partial charge < -0.3 is 5.32 Å². The SMILES string of the molecule is CC1(NC(=O)C(F)(F)F)CC1. The first kappa shape index (κ1) is 8.36. The monoisotopic (exact) mass is 167 g/mol. The van der Waals surface area contributed by atoms with E-state index in [-0.39, 0.29) is 0 Å². The number of hydrogen-bond acceptors (Lipinski definition) is 1. The number of rotatable bonds is 1. The summed E-state index contributed by atoms with van der Waals surface area (Å²) in [5.74, 6) is -1.84. The highest BCUT2D eigenvalue weighted by molar-refractivity contribution is 5.82. The van der Waals surface area contributed by atoms with E-state index >= 15 is 0 Å². The molecule has 11 heavy (non-hydrogen) atoms. The van der Waals surface area contributed by atoms with E-state index in [1.165, 1.54) is 0 Å². The van der Waals surface area contributed by atoms with E-state index in [4.69, 9.17) is 0 Å². The van der Waals surface area contributed by atoms with E-state index in [9.17, 15) is 18.0 Å². The topological polar surface area (TPSA) is 29.1 Å². The summed E-state index contributed by atoms with van der Waals surface area (Å²) in [7, 11) is 0. The van der Waals surface area contributed by atoms with Crippen molar-refractivity contribution in [1.29, 1.82) is 0 Å². The summed E-state index contributed by atoms with van der Waals surface area (Å²) in [6.07, 6.45) is -3.48. The summed E-state index contributed by atoms with van der Waals surface area (Å²) in [6, 6.07) is 0. The van der Waals surface area contributed by atoms with Gasteiger partial charge in [-0.15, -0.1) is 0 Å². The standard InChI is InChI=1S/C6H8F3NO/c1-5(2-3-5)10-4(11)6(7,8)9/h2-3H2,1H3,(H,10,11). The molecule has 64 valence electrons. The van der Waals surface area contributed by atoms with E-state index < -0.39 is 17.6 Å². The molecular formula is C6H8F3NO. The van der Waals surface area contributed by atoms with Crippen molar-refractivity contribution < 1.29 is 18.0 Å². The first-order chi connectivity index (χ1) is 4.83. The molecule has 1 aliphatic carbocycles. The third-order valence-electron chi connectivity index (χ3n) is 1.67. The van der Waals surface area contributed by atoms with E-state index in [2.05, 4.69) is 0 Å². The lowest BCUT2D eigenvalue weighted by Gasteiger charge is -2.12. The van der Waals surface area contributed by atoms with E-state index in [0.717, 1.165) is 0 Å². The van der Waals surface area contributed by atoms with Crippen molar-refractivity contribution in [3.8, 4) is 0 Å². The highest BCUT2D eigenvalue weighted by atomic mass is 19.4. The highest BCUT2D eigenvalue weighted by Crippen LogP contribution is 2.35. The number of halogens is 3. The number of alkyl halides is 3. The minimum Gasteiger partial charge on any atom is -0.343 e. The summed E-state index contributed by atoms with van der Waals surface area (Å²) in [5.41, 5.74) is -0.591. The van der Waals surface area contributed by atoms with Crippen LogP contribution in [0.5, 0.6) is 0 Å². The number of carbonyl (C=O) groups excluding carboxylic acids is 1. The maximum Gasteiger partial charge on any atom is 0.471 e. The van der Waals surface area contributed by atoms with Crippen LogP contribution >= 0.6 is 0 Å². The summed E-state index contributed by atoms with van der Waals surface area (Å²) in [5, 5.41) is 1.91. The van der Waals surface area contributed by atoms with Crippen LogP contribution in [0.3, 0.4) is 0 Å². The lowest BCUT2D eigenvalue weighted by molar-refractivity contribution is -0.174. The van der Waals surface area contributed by atoms with E-state index in [1.807, 2.05) is 5.32 Å². The minimum atomic E-state index is -4.74. The fourth-order valence-electron chi connectivity index (χ4n) is 0.657. The second-order valence-corrected chi connectivity index (χ2v) is 3.01. The average Bonchev–Trinajstić information content (AvgIpc) is 2.45. The molecule has 0 saturated heterocycles. The predicted molar refractivity (Wildman–Crippen MR) is 31.8 cm³/mol. The van der Waals surface area contributed by atoms with Crippen molar-refractivity contribution in [3.05, 3.63) is 0 Å². The molecule has 0 bridgehead atoms. The predicted octanol–water partition coefficient (Wildman–Crippen LogP) is 1.22. The van der Waals surface area contributed by atoms with Gasteiger partial charge in [-0.3, -0.25) is 4.79 Å². The van der Waals surface area contributed by atoms with Crippen LogP contribution < -0.4 is 5.32 Å². The Kier molecular flexibility index (Phi) is 1.61. The molecule has 0 aromatic carbocycles. The van der Waals surface area contributed by atoms with Crippen LogP contribution in [0.1, 0.15) is 19.8 Å². The summed E-state index contributed by atoms with van der Waals surface area (Å²) in [4.78, 5) is 10.3. The lowest BCUT2D eigenvalue weighted by Crippen LogP contribution is -2.43. The molecule has 0 unspecified atom stereocenters. The largest absolute Gasteiger partial charge is 0.471 e. The number of carbonyl (C=O) groups is 1. The Morgan fingerprint density at radius 1 is 1.45 bits per heavy atom. The fourth-order valence-corrected chi connectivity index (χ4v) is 0.657. The van der Waals surface area contributed by atoms with Gasteiger partial charge in [-0.1, -0.05) is 0 Å². The van der Waals surface area contributed by atoms with Crippen LogP contribution in [0.25, 0.3) is 0 Å². The highest BCUT2D eigenvalue weighted by Gasteiger charge is 2.46. The molecule has 0 aromatic heterocycles. The molecule has 0 aromatic rings. The molecule has 1 aliphatic rings. The first-order valence-corrected chi connectivity index (χ1v) is 3.23. The van der Waals surface area contributed by atoms with Crippen LogP contribution in [0, 0.1) is 0 Å². The molecule has 1 N–H and O–H groups in total. The Hall–Kier alpha value is -0.740. The molecule has 1 saturated carbocycles. The molecule has 0 heterocycles. The molecule has 5 heteroatoms. The Bertz CT molecular complexity index is 183. The van der Waals surface area contributed by atoms with Crippen LogP contribution in [0.15, 0.2) is 0 Å². The Morgan fingerprint density at radius 2 is 1.91 bits per heavy atom. The maximum absolute atomic E-state index is 11.6. The van der Waals surface area contributed by atoms with E-state index in [0.29, 0.717) is 12.8 Å². The zero-order chi connectivity index (χ0) is 8.70. The zero-order valence-corrected chi connectivity index (χ0v) is 5.96. The third-order valence-corrected chi connectivity index (χ3v) is 1.67. The third kappa shape index (κ3) is 2.10. The smallest absolute Gasteiger partial charge is 0.343 e. The Morgan fingerprint density at radius 3 is 2.18 bits per heavy atom. The van der Waals surface area contributed by atoms with Gasteiger partial charge in [0.15, 0.2) is 0 Å². The molecule has 0 radical (unpaired) electrons. The number of nitrogens with one attached hydrogen (secondary N) is 1. The van der Waals surface area contributed by atoms with Crippen LogP contribution in [0.4, 0.5) is 13.2 Å². The van der Waals surface area contributed by atoms with Crippen molar-refractivity contribution >= 4 is 5.91 Å². The molecule has 1 fully saturated rings. The number of amides is 1. The minimum absolute atomic E-state index is 0.591. The zero-order valence-electron chi connectivity index (χ0n) is 5.96. The molecule has 0 atom stereocenters. The maximum atomic E-state index is 11.6. The van der Waals surface area contributed by atoms with Gasteiger partial charge in [-0.25, -0.2) is 0 Å². The molecule has 1 amide bonds. The van der Waals surface area contributed by atoms with Gasteiger partial charge in [-0.05, 0) is 19.8 Å². The molecule has 0 aliphatic heterocycles. The van der Waals surface area contributed by atoms with Gasteiger partial charge in [0.1, 0.15) is 0 Å². The molecule has 0 spiro atoms. The van der Waals surface area contributed by atoms with Crippen molar-refractivity contribution in [2.45, 2.75) is 31.5 Å². The quantitative estimate of drug-likeness (QED) is 0.625. The van der Waals surface area contributed by atoms with Crippen LogP contribution in [-0.2, 0) is 4.79 Å². The summed E-state index contributed by atoms with van der Waals surface area (Å²) in [6.45, 7) is 1.59. The molecular weight excluding hydrogens is 159 g/mol. The number of hydrogen-bond donors (Lipinski definition) is 1. The van der Waals surface area contributed by atoms with Crippen molar-refractivity contribution in [2.75, 3.05) is 0 Å². The average molecular weight is 167 g/mol. The van der Waals surface area contributed by atoms with Gasteiger partial charge >= 0.3 is 12.1 Å². The van der Waals surface area contributed by atoms with Gasteiger partial charge in [0, 0.05) is 5.54 Å². The van der Waals surface area contributed by atoms with Crippen molar-refractivity contribution in [1.82, 2.24) is 5.32 Å². The second kappa shape index (κ2) is 2.12. The van der Waals surface area contributed by atoms with Crippen molar-refractivity contribution in [2.24, 2.45) is 0 Å². The normalized spacial score (nSPS) is 21.1.